The summed E-state index contributed by atoms with van der Waals surface area (Å²) in [6.07, 6.45) is 2.84. The van der Waals surface area contributed by atoms with Gasteiger partial charge in [0.05, 0.1) is 41.7 Å². The number of benzene rings is 3. The van der Waals surface area contributed by atoms with Crippen molar-refractivity contribution < 1.29 is 22.9 Å². The average molecular weight is 522 g/mol. The summed E-state index contributed by atoms with van der Waals surface area (Å²) in [5.41, 5.74) is 3.94. The van der Waals surface area contributed by atoms with Gasteiger partial charge in [0.25, 0.3) is 15.9 Å². The second-order valence-electron chi connectivity index (χ2n) is 8.62. The minimum Gasteiger partial charge on any atom is -0.490 e. The Morgan fingerprint density at radius 2 is 1.73 bits per heavy atom. The van der Waals surface area contributed by atoms with Crippen molar-refractivity contribution in [3.05, 3.63) is 81.5 Å². The lowest BCUT2D eigenvalue weighted by Gasteiger charge is -2.22. The molecule has 2 aliphatic rings. The van der Waals surface area contributed by atoms with Crippen LogP contribution in [0.2, 0.25) is 0 Å². The van der Waals surface area contributed by atoms with Crippen LogP contribution in [0.15, 0.2) is 70.8 Å². The minimum absolute atomic E-state index is 0.0615. The molecule has 0 saturated heterocycles. The molecule has 1 unspecified atom stereocenters. The molecular formula is C24H21N6O6S+. The Kier molecular flexibility index (Phi) is 5.55. The van der Waals surface area contributed by atoms with Crippen LogP contribution < -0.4 is 25.0 Å². The lowest BCUT2D eigenvalue weighted by molar-refractivity contribution is -0.385. The predicted molar refractivity (Wildman–Crippen MR) is 140 cm³/mol. The second-order valence-corrected chi connectivity index (χ2v) is 10.1. The highest BCUT2D eigenvalue weighted by molar-refractivity contribution is 7.93. The number of hydrogen-bond donors (Lipinski definition) is 3. The lowest BCUT2D eigenvalue weighted by Crippen LogP contribution is -2.35. The topological polar surface area (TPSA) is 166 Å². The normalized spacial score (nSPS) is 18.1. The summed E-state index contributed by atoms with van der Waals surface area (Å²) in [5.74, 6) is -0.215. The van der Waals surface area contributed by atoms with Gasteiger partial charge in [-0.05, 0) is 41.5 Å². The first-order chi connectivity index (χ1) is 17.5. The molecule has 0 fully saturated rings. The summed E-state index contributed by atoms with van der Waals surface area (Å²) in [6, 6.07) is 15.0. The molecule has 2 heterocycles. The predicted octanol–water partition coefficient (Wildman–Crippen LogP) is 3.65. The summed E-state index contributed by atoms with van der Waals surface area (Å²) >= 11 is 0. The quantitative estimate of drug-likeness (QED) is 0.262. The fraction of sp³-hybridized carbons (Fsp3) is 0.0833. The SMILES string of the molecule is COc1cc(-c2ccc3c(c2)Nc2ccc([N+]4(C)C=NC(S(N)(=O)=O)=C4)cc2NC3=O)ccc1[N+](=O)[O-]. The molecule has 0 aromatic heterocycles. The standard InChI is InChI=1S/C24H20N6O6S/c1-30(12-23(26-13-30)37(25,34)35)16-5-7-18-20(11-16)28-24(31)17-6-3-14(9-19(17)27-18)15-4-8-21(29(32)33)22(10-15)36-2/h3-13H,1-2H3,(H3-,25,27,28,31,34,35)/p+1. The van der Waals surface area contributed by atoms with Crippen LogP contribution in [0.5, 0.6) is 5.75 Å². The highest BCUT2D eigenvalue weighted by Gasteiger charge is 2.33. The number of nitro groups is 1. The third-order valence-electron chi connectivity index (χ3n) is 6.15. The van der Waals surface area contributed by atoms with E-state index in [4.69, 9.17) is 9.88 Å². The number of primary sulfonamides is 1. The van der Waals surface area contributed by atoms with E-state index in [0.717, 1.165) is 5.56 Å². The number of anilines is 3. The van der Waals surface area contributed by atoms with Gasteiger partial charge in [-0.1, -0.05) is 6.07 Å². The molecule has 1 amide bonds. The number of nitrogens with two attached hydrogens (primary N) is 1. The molecule has 37 heavy (non-hydrogen) atoms. The van der Waals surface area contributed by atoms with Crippen molar-refractivity contribution in [3.63, 3.8) is 0 Å². The van der Waals surface area contributed by atoms with Crippen molar-refractivity contribution >= 4 is 50.7 Å². The van der Waals surface area contributed by atoms with E-state index in [1.54, 1.807) is 55.6 Å². The average Bonchev–Trinajstić information content (AvgIpc) is 3.22. The summed E-state index contributed by atoms with van der Waals surface area (Å²) in [5, 5.41) is 22.3. The first-order valence-corrected chi connectivity index (χ1v) is 12.4. The number of carbonyl (C=O) groups is 1. The van der Waals surface area contributed by atoms with E-state index < -0.39 is 14.9 Å². The molecule has 3 aromatic carbocycles. The smallest absolute Gasteiger partial charge is 0.310 e. The summed E-state index contributed by atoms with van der Waals surface area (Å²) in [7, 11) is -0.869. The van der Waals surface area contributed by atoms with Gasteiger partial charge in [-0.25, -0.2) is 18.0 Å². The van der Waals surface area contributed by atoms with Gasteiger partial charge in [-0.15, -0.1) is 0 Å². The van der Waals surface area contributed by atoms with E-state index in [0.29, 0.717) is 33.9 Å². The fourth-order valence-electron chi connectivity index (χ4n) is 4.17. The maximum absolute atomic E-state index is 13.0. The molecule has 13 heteroatoms. The number of aliphatic imine (C=N–C) groups is 1. The van der Waals surface area contributed by atoms with E-state index in [1.165, 1.54) is 25.7 Å². The van der Waals surface area contributed by atoms with Gasteiger partial charge in [0.15, 0.2) is 5.75 Å². The molecule has 0 saturated carbocycles. The molecule has 2 aliphatic heterocycles. The van der Waals surface area contributed by atoms with Gasteiger partial charge in [-0.3, -0.25) is 14.9 Å². The van der Waals surface area contributed by atoms with Crippen LogP contribution in [0.1, 0.15) is 10.4 Å². The van der Waals surface area contributed by atoms with Crippen molar-refractivity contribution in [2.24, 2.45) is 10.1 Å². The number of quaternary nitrogens is 1. The number of nitrogens with one attached hydrogen (secondary N) is 2. The van der Waals surface area contributed by atoms with Gasteiger partial charge in [0.2, 0.25) is 11.4 Å². The summed E-state index contributed by atoms with van der Waals surface area (Å²) in [4.78, 5) is 27.7. The van der Waals surface area contributed by atoms with E-state index in [9.17, 15) is 23.3 Å². The number of nitrogens with zero attached hydrogens (tertiary/aromatic N) is 3. The van der Waals surface area contributed by atoms with Gasteiger partial charge < -0.3 is 15.4 Å². The van der Waals surface area contributed by atoms with Crippen LogP contribution in [0.25, 0.3) is 11.1 Å². The number of amides is 1. The van der Waals surface area contributed by atoms with Crippen LogP contribution in [0, 0.1) is 10.1 Å². The van der Waals surface area contributed by atoms with Crippen LogP contribution in [-0.4, -0.2) is 39.7 Å². The molecule has 0 spiro atoms. The summed E-state index contributed by atoms with van der Waals surface area (Å²) < 4.78 is 28.5. The molecule has 5 rings (SSSR count). The van der Waals surface area contributed by atoms with Crippen molar-refractivity contribution in [2.45, 2.75) is 0 Å². The Balaban J connectivity index is 1.51. The maximum Gasteiger partial charge on any atom is 0.310 e. The van der Waals surface area contributed by atoms with Gasteiger partial charge >= 0.3 is 5.69 Å². The van der Waals surface area contributed by atoms with Crippen molar-refractivity contribution in [1.29, 1.82) is 0 Å². The molecule has 0 bridgehead atoms. The summed E-state index contributed by atoms with van der Waals surface area (Å²) in [6.45, 7) is 0. The third-order valence-corrected chi connectivity index (χ3v) is 6.94. The van der Waals surface area contributed by atoms with Crippen molar-refractivity contribution in [1.82, 2.24) is 4.48 Å². The van der Waals surface area contributed by atoms with Crippen molar-refractivity contribution in [2.75, 3.05) is 24.8 Å². The molecular weight excluding hydrogens is 500 g/mol. The Morgan fingerprint density at radius 1 is 1.00 bits per heavy atom. The highest BCUT2D eigenvalue weighted by Crippen LogP contribution is 2.39. The second kappa shape index (κ2) is 8.51. The van der Waals surface area contributed by atoms with Gasteiger partial charge in [-0.2, -0.15) is 4.99 Å². The molecule has 3 aromatic rings. The number of nitro benzene ring substituents is 1. The van der Waals surface area contributed by atoms with Crippen LogP contribution >= 0.6 is 0 Å². The lowest BCUT2D eigenvalue weighted by atomic mass is 10.0. The van der Waals surface area contributed by atoms with E-state index in [2.05, 4.69) is 15.6 Å². The fourth-order valence-corrected chi connectivity index (χ4v) is 4.73. The molecule has 1 atom stereocenters. The number of carbonyl (C=O) groups excluding carboxylic acids is 1. The Bertz CT molecular complexity index is 1670. The molecule has 4 N–H and O–H groups in total. The Hall–Kier alpha value is -4.59. The zero-order valence-corrected chi connectivity index (χ0v) is 20.4. The number of fused-ring (bicyclic) bond motifs is 2. The minimum atomic E-state index is -3.96. The third kappa shape index (κ3) is 4.31. The zero-order chi connectivity index (χ0) is 26.5. The molecule has 12 nitrogen and oxygen atoms in total. The Labute approximate surface area is 211 Å². The maximum atomic E-state index is 13.0. The number of sulfonamides is 1. The van der Waals surface area contributed by atoms with Crippen LogP contribution in [0.4, 0.5) is 28.4 Å². The first kappa shape index (κ1) is 24.1. The highest BCUT2D eigenvalue weighted by atomic mass is 32.2. The van der Waals surface area contributed by atoms with E-state index in [1.807, 2.05) is 0 Å². The number of rotatable bonds is 5. The Morgan fingerprint density at radius 3 is 2.41 bits per heavy atom. The van der Waals surface area contributed by atoms with Crippen LogP contribution in [-0.2, 0) is 10.0 Å². The number of ether oxygens (including phenoxy) is 1. The van der Waals surface area contributed by atoms with Gasteiger partial charge in [0, 0.05) is 18.2 Å². The first-order valence-electron chi connectivity index (χ1n) is 10.9. The van der Waals surface area contributed by atoms with E-state index in [-0.39, 0.29) is 26.9 Å². The molecule has 0 radical (unpaired) electrons. The number of methoxy groups -OCH3 is 1. The van der Waals surface area contributed by atoms with Crippen molar-refractivity contribution in [3.8, 4) is 16.9 Å². The largest absolute Gasteiger partial charge is 0.490 e. The molecule has 188 valence electrons. The monoisotopic (exact) mass is 521 g/mol. The molecule has 0 aliphatic carbocycles. The zero-order valence-electron chi connectivity index (χ0n) is 19.6. The van der Waals surface area contributed by atoms with Gasteiger partial charge in [0.1, 0.15) is 11.9 Å². The number of hydrogen-bond acceptors (Lipinski definition) is 8. The van der Waals surface area contributed by atoms with Crippen LogP contribution in [0.3, 0.4) is 0 Å². The van der Waals surface area contributed by atoms with E-state index >= 15 is 0 Å².